The predicted octanol–water partition coefficient (Wildman–Crippen LogP) is 6.18. The fourth-order valence-corrected chi connectivity index (χ4v) is 5.86. The van der Waals surface area contributed by atoms with Crippen LogP contribution in [0.15, 0.2) is 97.6 Å². The van der Waals surface area contributed by atoms with Crippen LogP contribution in [-0.4, -0.2) is 19.1 Å². The molecule has 0 radical (unpaired) electrons. The van der Waals surface area contributed by atoms with Crippen LogP contribution >= 0.6 is 0 Å². The Morgan fingerprint density at radius 3 is 1.45 bits per heavy atom. The molecule has 0 amide bonds. The Labute approximate surface area is 219 Å². The summed E-state index contributed by atoms with van der Waals surface area (Å²) in [7, 11) is 0. The Balaban J connectivity index is 1.17. The van der Waals surface area contributed by atoms with Crippen LogP contribution in [0.2, 0.25) is 0 Å². The Morgan fingerprint density at radius 1 is 0.553 bits per heavy atom. The van der Waals surface area contributed by atoms with E-state index in [0.717, 1.165) is 46.5 Å². The fraction of sp³-hybridized carbons (Fsp3) is 0.0625. The van der Waals surface area contributed by atoms with Gasteiger partial charge in [-0.2, -0.15) is 0 Å². The normalized spacial score (nSPS) is 13.8. The first-order chi connectivity index (χ1) is 18.9. The first-order valence-corrected chi connectivity index (χ1v) is 12.8. The number of nitrogens with one attached hydrogen (secondary N) is 2. The third-order valence-electron chi connectivity index (χ3n) is 7.59. The molecule has 2 aliphatic rings. The molecule has 2 aliphatic heterocycles. The topological polar surface area (TPSA) is 59.7 Å². The molecule has 8 rings (SSSR count). The lowest BCUT2D eigenvalue weighted by atomic mass is 10.0. The van der Waals surface area contributed by atoms with Crippen molar-refractivity contribution in [1.29, 1.82) is 0 Å². The van der Waals surface area contributed by atoms with Crippen LogP contribution in [0.1, 0.15) is 22.5 Å². The van der Waals surface area contributed by atoms with Crippen molar-refractivity contribution in [2.45, 2.75) is 13.1 Å². The largest absolute Gasteiger partial charge is 0.385 e. The van der Waals surface area contributed by atoms with E-state index in [2.05, 4.69) is 103 Å². The van der Waals surface area contributed by atoms with Gasteiger partial charge in [0.15, 0.2) is 0 Å². The van der Waals surface area contributed by atoms with Gasteiger partial charge in [-0.05, 0) is 84.2 Å². The van der Waals surface area contributed by atoms with E-state index in [9.17, 15) is 0 Å². The van der Waals surface area contributed by atoms with Crippen molar-refractivity contribution in [3.05, 3.63) is 120 Å². The monoisotopic (exact) mass is 492 g/mol. The standard InChI is InChI=1S/C32H24N6/c1-3-27-31(35-15-1)25-13-17-33-19-29(25)37(27)23-9-5-21(6-10-23)22-7-11-24(12-8-22)38-28-4-2-16-36-32(28)26-14-18-34-20-30(26)38/h1-18,33-34H,19-20H2. The van der Waals surface area contributed by atoms with Gasteiger partial charge in [-0.15, -0.1) is 0 Å². The van der Waals surface area contributed by atoms with Crippen molar-refractivity contribution in [2.75, 3.05) is 0 Å². The summed E-state index contributed by atoms with van der Waals surface area (Å²) in [6.45, 7) is 1.56. The number of fused-ring (bicyclic) bond motifs is 6. The molecule has 182 valence electrons. The molecule has 0 fully saturated rings. The summed E-state index contributed by atoms with van der Waals surface area (Å²) < 4.78 is 4.63. The maximum Gasteiger partial charge on any atom is 0.0961 e. The first-order valence-electron chi connectivity index (χ1n) is 12.8. The van der Waals surface area contributed by atoms with Crippen LogP contribution in [0, 0.1) is 0 Å². The summed E-state index contributed by atoms with van der Waals surface area (Å²) in [6.07, 6.45) is 12.0. The van der Waals surface area contributed by atoms with Crippen molar-refractivity contribution < 1.29 is 0 Å². The fourth-order valence-electron chi connectivity index (χ4n) is 5.86. The molecular weight excluding hydrogens is 468 g/mol. The highest BCUT2D eigenvalue weighted by molar-refractivity contribution is 5.91. The van der Waals surface area contributed by atoms with Crippen molar-refractivity contribution >= 4 is 34.2 Å². The molecule has 0 aliphatic carbocycles. The van der Waals surface area contributed by atoms with Gasteiger partial charge < -0.3 is 19.8 Å². The van der Waals surface area contributed by atoms with E-state index in [4.69, 9.17) is 0 Å². The Bertz CT molecular complexity index is 1760. The minimum Gasteiger partial charge on any atom is -0.385 e. The van der Waals surface area contributed by atoms with E-state index in [-0.39, 0.29) is 0 Å². The molecule has 6 aromatic rings. The third-order valence-corrected chi connectivity index (χ3v) is 7.59. The predicted molar refractivity (Wildman–Crippen MR) is 153 cm³/mol. The van der Waals surface area contributed by atoms with Crippen molar-refractivity contribution in [2.24, 2.45) is 0 Å². The molecule has 0 saturated heterocycles. The molecule has 2 aromatic carbocycles. The van der Waals surface area contributed by atoms with Gasteiger partial charge in [-0.3, -0.25) is 9.97 Å². The highest BCUT2D eigenvalue weighted by atomic mass is 15.1. The summed E-state index contributed by atoms with van der Waals surface area (Å²) >= 11 is 0. The van der Waals surface area contributed by atoms with E-state index in [1.807, 2.05) is 36.9 Å². The number of pyridine rings is 2. The summed E-state index contributed by atoms with van der Waals surface area (Å²) in [5.41, 5.74) is 13.9. The van der Waals surface area contributed by atoms with Crippen molar-refractivity contribution in [1.82, 2.24) is 29.7 Å². The van der Waals surface area contributed by atoms with Gasteiger partial charge >= 0.3 is 0 Å². The lowest BCUT2D eigenvalue weighted by Gasteiger charge is -2.15. The molecular formula is C32H24N6. The zero-order valence-electron chi connectivity index (χ0n) is 20.6. The van der Waals surface area contributed by atoms with Gasteiger partial charge in [0.25, 0.3) is 0 Å². The molecule has 6 nitrogen and oxygen atoms in total. The Kier molecular flexibility index (Phi) is 4.54. The molecule has 0 bridgehead atoms. The number of aromatic nitrogens is 4. The Hall–Kier alpha value is -5.10. The minimum absolute atomic E-state index is 0.782. The molecule has 0 spiro atoms. The number of hydrogen-bond donors (Lipinski definition) is 2. The van der Waals surface area contributed by atoms with Crippen molar-refractivity contribution in [3.8, 4) is 22.5 Å². The molecule has 4 aromatic heterocycles. The number of rotatable bonds is 3. The van der Waals surface area contributed by atoms with Gasteiger partial charge in [0, 0.05) is 34.9 Å². The van der Waals surface area contributed by atoms with E-state index < -0.39 is 0 Å². The average Bonchev–Trinajstić information content (AvgIpc) is 3.51. The van der Waals surface area contributed by atoms with E-state index in [1.165, 1.54) is 33.6 Å². The molecule has 6 heteroatoms. The smallest absolute Gasteiger partial charge is 0.0961 e. The van der Waals surface area contributed by atoms with Crippen LogP contribution < -0.4 is 10.6 Å². The SMILES string of the molecule is C1=Cc2c(n(-c3ccc(-c4ccc(-n5c6c(c7ncccc75)C=CNC6)cc4)cc3)c3cccnc23)CN1. The van der Waals surface area contributed by atoms with E-state index >= 15 is 0 Å². The van der Waals surface area contributed by atoms with Crippen LogP contribution in [0.3, 0.4) is 0 Å². The third kappa shape index (κ3) is 3.07. The highest BCUT2D eigenvalue weighted by Gasteiger charge is 2.20. The summed E-state index contributed by atoms with van der Waals surface area (Å²) in [5, 5.41) is 6.71. The summed E-state index contributed by atoms with van der Waals surface area (Å²) in [6, 6.07) is 25.9. The molecule has 2 N–H and O–H groups in total. The van der Waals surface area contributed by atoms with E-state index in [0.29, 0.717) is 0 Å². The maximum atomic E-state index is 4.67. The highest BCUT2D eigenvalue weighted by Crippen LogP contribution is 2.33. The second-order valence-electron chi connectivity index (χ2n) is 9.66. The van der Waals surface area contributed by atoms with Gasteiger partial charge in [0.2, 0.25) is 0 Å². The molecule has 0 atom stereocenters. The van der Waals surface area contributed by atoms with Crippen LogP contribution in [0.5, 0.6) is 0 Å². The Morgan fingerprint density at radius 2 is 1.00 bits per heavy atom. The van der Waals surface area contributed by atoms with Crippen LogP contribution in [0.4, 0.5) is 0 Å². The lowest BCUT2D eigenvalue weighted by Crippen LogP contribution is -2.13. The zero-order valence-corrected chi connectivity index (χ0v) is 20.6. The van der Waals surface area contributed by atoms with Gasteiger partial charge in [-0.1, -0.05) is 24.3 Å². The average molecular weight is 493 g/mol. The van der Waals surface area contributed by atoms with Crippen LogP contribution in [0.25, 0.3) is 56.7 Å². The first kappa shape index (κ1) is 21.0. The lowest BCUT2D eigenvalue weighted by molar-refractivity contribution is 0.803. The summed E-state index contributed by atoms with van der Waals surface area (Å²) in [4.78, 5) is 9.33. The minimum atomic E-state index is 0.782. The zero-order chi connectivity index (χ0) is 25.1. The molecule has 0 saturated carbocycles. The maximum absolute atomic E-state index is 4.67. The second-order valence-corrected chi connectivity index (χ2v) is 9.66. The molecule has 38 heavy (non-hydrogen) atoms. The number of hydrogen-bond acceptors (Lipinski definition) is 4. The second kappa shape index (κ2) is 8.21. The van der Waals surface area contributed by atoms with Crippen LogP contribution in [-0.2, 0) is 13.1 Å². The van der Waals surface area contributed by atoms with Crippen molar-refractivity contribution in [3.63, 3.8) is 0 Å². The molecule has 6 heterocycles. The van der Waals surface area contributed by atoms with Gasteiger partial charge in [0.1, 0.15) is 0 Å². The number of nitrogens with zero attached hydrogens (tertiary/aromatic N) is 4. The number of benzene rings is 2. The molecule has 0 unspecified atom stereocenters. The summed E-state index contributed by atoms with van der Waals surface area (Å²) in [5.74, 6) is 0. The van der Waals surface area contributed by atoms with E-state index in [1.54, 1.807) is 0 Å². The van der Waals surface area contributed by atoms with Gasteiger partial charge in [0.05, 0.1) is 46.5 Å². The van der Waals surface area contributed by atoms with Gasteiger partial charge in [-0.25, -0.2) is 0 Å². The quantitative estimate of drug-likeness (QED) is 0.310.